The molecule has 0 aliphatic carbocycles. The van der Waals surface area contributed by atoms with Crippen LogP contribution in [0, 0.1) is 4.51 Å². The van der Waals surface area contributed by atoms with Gasteiger partial charge in [-0.25, -0.2) is 17.2 Å². The van der Waals surface area contributed by atoms with Crippen molar-refractivity contribution in [1.82, 2.24) is 4.09 Å². The molecular formula is C15H13BrClF2NO2S2. The Labute approximate surface area is 157 Å². The van der Waals surface area contributed by atoms with Gasteiger partial charge in [0.05, 0.1) is 10.3 Å². The molecule has 0 fully saturated rings. The molecule has 0 aliphatic heterocycles. The van der Waals surface area contributed by atoms with E-state index in [-0.39, 0.29) is 10.3 Å². The second-order valence-corrected chi connectivity index (χ2v) is 9.43. The van der Waals surface area contributed by atoms with Crippen LogP contribution >= 0.6 is 39.9 Å². The Morgan fingerprint density at radius 3 is 2.38 bits per heavy atom. The highest BCUT2D eigenvalue weighted by Gasteiger charge is 2.30. The highest BCUT2D eigenvalue weighted by molar-refractivity contribution is 9.09. The molecule has 0 bridgehead atoms. The summed E-state index contributed by atoms with van der Waals surface area (Å²) in [6, 6.07) is 8.65. The number of sulfone groups is 1. The van der Waals surface area contributed by atoms with E-state index in [9.17, 15) is 17.2 Å². The van der Waals surface area contributed by atoms with Crippen molar-refractivity contribution in [2.24, 2.45) is 0 Å². The first-order chi connectivity index (χ1) is 11.1. The van der Waals surface area contributed by atoms with Crippen LogP contribution < -0.4 is 0 Å². The Hall–Kier alpha value is -0.830. The lowest BCUT2D eigenvalue weighted by Gasteiger charge is -2.16. The Bertz CT molecular complexity index is 900. The lowest BCUT2D eigenvalue weighted by molar-refractivity contribution is 0.140. The molecule has 0 amide bonds. The number of hydrogen-bond donors (Lipinski definition) is 0. The molecule has 0 spiro atoms. The summed E-state index contributed by atoms with van der Waals surface area (Å²) >= 11 is 14.3. The van der Waals surface area contributed by atoms with Gasteiger partial charge in [0.2, 0.25) is 0 Å². The summed E-state index contributed by atoms with van der Waals surface area (Å²) in [7, 11) is -4.06. The molecule has 1 aromatic carbocycles. The molecule has 0 saturated carbocycles. The van der Waals surface area contributed by atoms with Crippen molar-refractivity contribution < 1.29 is 17.2 Å². The summed E-state index contributed by atoms with van der Waals surface area (Å²) in [5.41, 5.74) is 0.0985. The van der Waals surface area contributed by atoms with Crippen molar-refractivity contribution in [3.63, 3.8) is 0 Å². The zero-order valence-corrected chi connectivity index (χ0v) is 16.4. The maximum Gasteiger partial charge on any atom is 0.281 e. The van der Waals surface area contributed by atoms with Crippen molar-refractivity contribution in [2.45, 2.75) is 23.1 Å². The first-order valence-corrected chi connectivity index (χ1v) is 10.1. The zero-order chi connectivity index (χ0) is 18.1. The van der Waals surface area contributed by atoms with Gasteiger partial charge in [0, 0.05) is 28.4 Å². The molecule has 0 aliphatic rings. The highest BCUT2D eigenvalue weighted by atomic mass is 79.9. The van der Waals surface area contributed by atoms with E-state index in [1.165, 1.54) is 6.20 Å². The third-order valence-corrected chi connectivity index (χ3v) is 6.77. The van der Waals surface area contributed by atoms with Gasteiger partial charge in [0.1, 0.15) is 10.6 Å². The van der Waals surface area contributed by atoms with Crippen molar-refractivity contribution in [3.8, 4) is 11.1 Å². The molecule has 1 atom stereocenters. The lowest BCUT2D eigenvalue weighted by Crippen LogP contribution is -2.18. The van der Waals surface area contributed by atoms with Gasteiger partial charge in [-0.1, -0.05) is 65.4 Å². The molecule has 3 nitrogen and oxygen atoms in total. The molecule has 2 rings (SSSR count). The quantitative estimate of drug-likeness (QED) is 0.448. The van der Waals surface area contributed by atoms with E-state index in [1.54, 1.807) is 37.3 Å². The predicted octanol–water partition coefficient (Wildman–Crippen LogP) is 5.38. The van der Waals surface area contributed by atoms with Crippen molar-refractivity contribution in [1.29, 1.82) is 0 Å². The average molecular weight is 457 g/mol. The van der Waals surface area contributed by atoms with Crippen molar-refractivity contribution in [3.05, 3.63) is 46.7 Å². The van der Waals surface area contributed by atoms with E-state index < -0.39 is 31.7 Å². The summed E-state index contributed by atoms with van der Waals surface area (Å²) < 4.78 is 52.6. The van der Waals surface area contributed by atoms with Gasteiger partial charge in [-0.15, -0.1) is 0 Å². The molecule has 130 valence electrons. The van der Waals surface area contributed by atoms with Crippen LogP contribution in [-0.4, -0.2) is 23.1 Å². The molecule has 1 unspecified atom stereocenters. The van der Waals surface area contributed by atoms with E-state index >= 15 is 0 Å². The summed E-state index contributed by atoms with van der Waals surface area (Å²) in [5, 5.41) is 0. The van der Waals surface area contributed by atoms with Crippen LogP contribution in [0.4, 0.5) is 8.78 Å². The molecule has 2 aromatic rings. The molecule has 1 aromatic heterocycles. The van der Waals surface area contributed by atoms with Crippen LogP contribution in [0.25, 0.3) is 11.1 Å². The van der Waals surface area contributed by atoms with Gasteiger partial charge in [-0.05, 0) is 5.56 Å². The monoisotopic (exact) mass is 455 g/mol. The summed E-state index contributed by atoms with van der Waals surface area (Å²) in [6.07, 6.45) is -1.86. The van der Waals surface area contributed by atoms with Crippen LogP contribution in [0.15, 0.2) is 41.4 Å². The molecular weight excluding hydrogens is 444 g/mol. The van der Waals surface area contributed by atoms with Crippen molar-refractivity contribution >= 4 is 49.8 Å². The standard InChI is InChI=1S/C15H13BrClF2NO2S2/c1-9(16)8-24(21,22)14-12(15(18)19)20(17)7-11(13(14)23)10-5-3-2-4-6-10/h2-7,9,15H,8H2,1H3. The first kappa shape index (κ1) is 19.5. The third-order valence-electron chi connectivity index (χ3n) is 3.21. The second-order valence-electron chi connectivity index (χ2n) is 5.13. The summed E-state index contributed by atoms with van der Waals surface area (Å²) in [6.45, 7) is 1.61. The van der Waals surface area contributed by atoms with Gasteiger partial charge in [-0.3, -0.25) is 4.09 Å². The van der Waals surface area contributed by atoms with E-state index in [2.05, 4.69) is 15.9 Å². The number of halogens is 4. The Kier molecular flexibility index (Phi) is 6.17. The van der Waals surface area contributed by atoms with Crippen LogP contribution in [0.5, 0.6) is 0 Å². The lowest BCUT2D eigenvalue weighted by atomic mass is 10.1. The van der Waals surface area contributed by atoms with E-state index in [0.29, 0.717) is 15.2 Å². The number of rotatable bonds is 5. The van der Waals surface area contributed by atoms with Gasteiger partial charge in [0.25, 0.3) is 6.43 Å². The fraction of sp³-hybridized carbons (Fsp3) is 0.267. The molecule has 0 radical (unpaired) electrons. The van der Waals surface area contributed by atoms with E-state index in [4.69, 9.17) is 24.0 Å². The molecule has 9 heteroatoms. The minimum atomic E-state index is -4.06. The zero-order valence-electron chi connectivity index (χ0n) is 12.4. The Morgan fingerprint density at radius 1 is 1.29 bits per heavy atom. The molecule has 0 N–H and O–H groups in total. The first-order valence-electron chi connectivity index (χ1n) is 6.81. The SMILES string of the molecule is CC(Br)CS(=O)(=O)c1c(C(F)F)n(Cl)cc(-c2ccccc2)c1=S. The van der Waals surface area contributed by atoms with Gasteiger partial charge in [0.15, 0.2) is 9.84 Å². The predicted molar refractivity (Wildman–Crippen MR) is 97.4 cm³/mol. The largest absolute Gasteiger partial charge is 0.281 e. The maximum atomic E-state index is 13.4. The van der Waals surface area contributed by atoms with Gasteiger partial charge in [-0.2, -0.15) is 0 Å². The fourth-order valence-corrected chi connectivity index (χ4v) is 5.95. The normalized spacial score (nSPS) is 13.2. The topological polar surface area (TPSA) is 39.1 Å². The number of alkyl halides is 3. The van der Waals surface area contributed by atoms with E-state index in [1.807, 2.05) is 0 Å². The highest BCUT2D eigenvalue weighted by Crippen LogP contribution is 2.34. The molecule has 0 saturated heterocycles. The number of hydrogen-bond acceptors (Lipinski definition) is 3. The van der Waals surface area contributed by atoms with Gasteiger partial charge < -0.3 is 0 Å². The molecule has 24 heavy (non-hydrogen) atoms. The Balaban J connectivity index is 2.86. The van der Waals surface area contributed by atoms with Crippen LogP contribution in [0.2, 0.25) is 0 Å². The minimum Gasteiger partial charge on any atom is -0.257 e. The maximum absolute atomic E-state index is 13.4. The van der Waals surface area contributed by atoms with Crippen molar-refractivity contribution in [2.75, 3.05) is 5.75 Å². The Morgan fingerprint density at radius 2 is 1.88 bits per heavy atom. The van der Waals surface area contributed by atoms with Crippen LogP contribution in [-0.2, 0) is 9.84 Å². The van der Waals surface area contributed by atoms with Gasteiger partial charge >= 0.3 is 0 Å². The summed E-state index contributed by atoms with van der Waals surface area (Å²) in [5.74, 6) is -0.370. The van der Waals surface area contributed by atoms with Crippen LogP contribution in [0.1, 0.15) is 19.0 Å². The average Bonchev–Trinajstić information content (AvgIpc) is 2.47. The number of nitrogens with zero attached hydrogens (tertiary/aromatic N) is 1. The smallest absolute Gasteiger partial charge is 0.257 e. The number of aromatic nitrogens is 1. The number of pyridine rings is 1. The van der Waals surface area contributed by atoms with E-state index in [0.717, 1.165) is 0 Å². The number of benzene rings is 1. The second kappa shape index (κ2) is 7.59. The third kappa shape index (κ3) is 4.04. The van der Waals surface area contributed by atoms with Crippen LogP contribution in [0.3, 0.4) is 0 Å². The fourth-order valence-electron chi connectivity index (χ4n) is 2.28. The molecule has 1 heterocycles. The summed E-state index contributed by atoms with van der Waals surface area (Å²) in [4.78, 5) is -1.01. The minimum absolute atomic E-state index is 0.151.